The van der Waals surface area contributed by atoms with E-state index in [1.165, 1.54) is 0 Å². The van der Waals surface area contributed by atoms with Crippen LogP contribution in [0.3, 0.4) is 0 Å². The molecule has 0 saturated heterocycles. The monoisotopic (exact) mass is 394 g/mol. The third kappa shape index (κ3) is 2.11. The first-order valence-corrected chi connectivity index (χ1v) is 7.19. The Labute approximate surface area is 133 Å². The highest BCUT2D eigenvalue weighted by Gasteiger charge is 2.13. The fraction of sp³-hybridized carbons (Fsp3) is 0. The highest BCUT2D eigenvalue weighted by Crippen LogP contribution is 2.28. The van der Waals surface area contributed by atoms with E-state index in [2.05, 4.69) is 33.6 Å². The molecule has 0 spiro atoms. The molecule has 0 bridgehead atoms. The molecule has 0 unspecified atom stereocenters. The predicted molar refractivity (Wildman–Crippen MR) is 87.9 cm³/mol. The summed E-state index contributed by atoms with van der Waals surface area (Å²) in [6.07, 6.45) is 0. The maximum atomic E-state index is 9.03. The molecule has 0 aliphatic carbocycles. The van der Waals surface area contributed by atoms with Gasteiger partial charge < -0.3 is 5.73 Å². The van der Waals surface area contributed by atoms with Crippen LogP contribution in [-0.4, -0.2) is 9.55 Å². The van der Waals surface area contributed by atoms with Crippen LogP contribution in [0.25, 0.3) is 16.7 Å². The number of hydrogen-bond donors (Lipinski definition) is 1. The van der Waals surface area contributed by atoms with Crippen LogP contribution in [-0.2, 0) is 0 Å². The average Bonchev–Trinajstić information content (AvgIpc) is 2.74. The lowest BCUT2D eigenvalue weighted by atomic mass is 10.2. The number of nitrogens with zero attached hydrogens (tertiary/aromatic N) is 3. The van der Waals surface area contributed by atoms with E-state index in [9.17, 15) is 0 Å². The smallest absolute Gasteiger partial charge is 0.205 e. The maximum absolute atomic E-state index is 9.03. The normalized spacial score (nSPS) is 10.7. The Morgan fingerprint density at radius 1 is 1.25 bits per heavy atom. The molecule has 0 aliphatic heterocycles. The second-order valence-electron chi connectivity index (χ2n) is 4.22. The number of nitriles is 1. The van der Waals surface area contributed by atoms with Gasteiger partial charge in [-0.25, -0.2) is 4.98 Å². The van der Waals surface area contributed by atoms with Gasteiger partial charge in [-0.05, 0) is 59.0 Å². The number of halogens is 2. The molecule has 6 heteroatoms. The van der Waals surface area contributed by atoms with Crippen LogP contribution in [0.1, 0.15) is 5.56 Å². The minimum Gasteiger partial charge on any atom is -0.369 e. The lowest BCUT2D eigenvalue weighted by molar-refractivity contribution is 1.10. The van der Waals surface area contributed by atoms with Gasteiger partial charge in [-0.2, -0.15) is 5.26 Å². The standard InChI is InChI=1S/C14H8ClIN4/c15-9-2-4-12(10(16)6-9)20-13-5-8(7-17)1-3-11(13)19-14(20)18/h1-6H,(H2,18,19). The van der Waals surface area contributed by atoms with E-state index < -0.39 is 0 Å². The highest BCUT2D eigenvalue weighted by molar-refractivity contribution is 14.1. The summed E-state index contributed by atoms with van der Waals surface area (Å²) in [4.78, 5) is 4.32. The van der Waals surface area contributed by atoms with E-state index in [-0.39, 0.29) is 0 Å². The highest BCUT2D eigenvalue weighted by atomic mass is 127. The van der Waals surface area contributed by atoms with Gasteiger partial charge >= 0.3 is 0 Å². The second kappa shape index (κ2) is 4.96. The zero-order valence-corrected chi connectivity index (χ0v) is 13.1. The molecule has 1 aromatic heterocycles. The first-order chi connectivity index (χ1) is 9.60. The SMILES string of the molecule is N#Cc1ccc2nc(N)n(-c3ccc(Cl)cc3I)c2c1. The zero-order chi connectivity index (χ0) is 14.3. The van der Waals surface area contributed by atoms with Crippen molar-refractivity contribution >= 4 is 51.2 Å². The van der Waals surface area contributed by atoms with Gasteiger partial charge in [0.15, 0.2) is 0 Å². The van der Waals surface area contributed by atoms with Crippen LogP contribution in [0.15, 0.2) is 36.4 Å². The van der Waals surface area contributed by atoms with Crippen molar-refractivity contribution in [2.75, 3.05) is 5.73 Å². The van der Waals surface area contributed by atoms with Gasteiger partial charge in [0.05, 0.1) is 28.4 Å². The first-order valence-electron chi connectivity index (χ1n) is 5.73. The topological polar surface area (TPSA) is 67.6 Å². The molecule has 0 aliphatic rings. The van der Waals surface area contributed by atoms with Crippen molar-refractivity contribution in [3.8, 4) is 11.8 Å². The Morgan fingerprint density at radius 2 is 2.05 bits per heavy atom. The molecule has 1 heterocycles. The third-order valence-corrected chi connectivity index (χ3v) is 4.06. The average molecular weight is 395 g/mol. The van der Waals surface area contributed by atoms with E-state index in [1.54, 1.807) is 24.3 Å². The predicted octanol–water partition coefficient (Wildman–Crippen LogP) is 3.74. The lowest BCUT2D eigenvalue weighted by Crippen LogP contribution is -2.02. The molecule has 20 heavy (non-hydrogen) atoms. The summed E-state index contributed by atoms with van der Waals surface area (Å²) in [5.41, 5.74) is 9.05. The molecular formula is C14H8ClIN4. The quantitative estimate of drug-likeness (QED) is 0.639. The van der Waals surface area contributed by atoms with Crippen molar-refractivity contribution < 1.29 is 0 Å². The Bertz CT molecular complexity index is 863. The van der Waals surface area contributed by atoms with Crippen molar-refractivity contribution in [2.24, 2.45) is 0 Å². The fourth-order valence-corrected chi connectivity index (χ4v) is 3.19. The molecule has 3 rings (SSSR count). The summed E-state index contributed by atoms with van der Waals surface area (Å²) in [6.45, 7) is 0. The van der Waals surface area contributed by atoms with E-state index in [0.717, 1.165) is 20.3 Å². The molecule has 0 amide bonds. The number of benzene rings is 2. The van der Waals surface area contributed by atoms with Crippen LogP contribution in [0.4, 0.5) is 5.95 Å². The molecular weight excluding hydrogens is 387 g/mol. The molecule has 98 valence electrons. The van der Waals surface area contributed by atoms with Gasteiger partial charge in [0.1, 0.15) is 0 Å². The molecule has 3 aromatic rings. The van der Waals surface area contributed by atoms with E-state index >= 15 is 0 Å². The minimum absolute atomic E-state index is 0.385. The number of anilines is 1. The summed E-state index contributed by atoms with van der Waals surface area (Å²) in [6, 6.07) is 13.0. The van der Waals surface area contributed by atoms with E-state index in [4.69, 9.17) is 22.6 Å². The zero-order valence-electron chi connectivity index (χ0n) is 10.1. The van der Waals surface area contributed by atoms with Gasteiger partial charge in [0.2, 0.25) is 5.95 Å². The number of nitrogen functional groups attached to an aromatic ring is 1. The maximum Gasteiger partial charge on any atom is 0.205 e. The number of nitrogens with two attached hydrogens (primary N) is 1. The fourth-order valence-electron chi connectivity index (χ4n) is 2.08. The Kier molecular flexibility index (Phi) is 3.28. The third-order valence-electron chi connectivity index (χ3n) is 2.96. The summed E-state index contributed by atoms with van der Waals surface area (Å²) < 4.78 is 2.79. The second-order valence-corrected chi connectivity index (χ2v) is 5.82. The number of fused-ring (bicyclic) bond motifs is 1. The van der Waals surface area contributed by atoms with Crippen molar-refractivity contribution in [2.45, 2.75) is 0 Å². The van der Waals surface area contributed by atoms with Crippen molar-refractivity contribution in [1.82, 2.24) is 9.55 Å². The van der Waals surface area contributed by atoms with Crippen LogP contribution >= 0.6 is 34.2 Å². The lowest BCUT2D eigenvalue weighted by Gasteiger charge is -2.09. The minimum atomic E-state index is 0.385. The first kappa shape index (κ1) is 13.2. The van der Waals surface area contributed by atoms with Crippen LogP contribution in [0.2, 0.25) is 5.02 Å². The summed E-state index contributed by atoms with van der Waals surface area (Å²) >= 11 is 8.18. The molecule has 0 saturated carbocycles. The Morgan fingerprint density at radius 3 is 2.75 bits per heavy atom. The van der Waals surface area contributed by atoms with Crippen LogP contribution in [0.5, 0.6) is 0 Å². The molecule has 0 radical (unpaired) electrons. The van der Waals surface area contributed by atoms with Crippen molar-refractivity contribution in [3.05, 3.63) is 50.6 Å². The van der Waals surface area contributed by atoms with Crippen LogP contribution in [0, 0.1) is 14.9 Å². The number of hydrogen-bond acceptors (Lipinski definition) is 3. The Hall–Kier alpha value is -1.78. The van der Waals surface area contributed by atoms with Gasteiger partial charge in [-0.15, -0.1) is 0 Å². The van der Waals surface area contributed by atoms with Gasteiger partial charge in [-0.1, -0.05) is 11.6 Å². The molecule has 2 aromatic carbocycles. The van der Waals surface area contributed by atoms with Crippen LogP contribution < -0.4 is 5.73 Å². The number of aromatic nitrogens is 2. The van der Waals surface area contributed by atoms with Gasteiger partial charge in [-0.3, -0.25) is 4.57 Å². The number of rotatable bonds is 1. The molecule has 0 atom stereocenters. The largest absolute Gasteiger partial charge is 0.369 e. The number of imidazole rings is 1. The molecule has 4 nitrogen and oxygen atoms in total. The van der Waals surface area contributed by atoms with Gasteiger partial charge in [0, 0.05) is 8.59 Å². The Balaban J connectivity index is 2.35. The molecule has 0 fully saturated rings. The molecule has 2 N–H and O–H groups in total. The van der Waals surface area contributed by atoms with Gasteiger partial charge in [0.25, 0.3) is 0 Å². The summed E-state index contributed by atoms with van der Waals surface area (Å²) in [5, 5.41) is 9.69. The summed E-state index contributed by atoms with van der Waals surface area (Å²) in [5.74, 6) is 0.385. The van der Waals surface area contributed by atoms with Crippen molar-refractivity contribution in [1.29, 1.82) is 5.26 Å². The summed E-state index contributed by atoms with van der Waals surface area (Å²) in [7, 11) is 0. The van der Waals surface area contributed by atoms with Crippen molar-refractivity contribution in [3.63, 3.8) is 0 Å². The van der Waals surface area contributed by atoms with E-state index in [0.29, 0.717) is 16.5 Å². The van der Waals surface area contributed by atoms with E-state index in [1.807, 2.05) is 16.7 Å².